The van der Waals surface area contributed by atoms with Crippen molar-refractivity contribution in [1.29, 1.82) is 0 Å². The molecular weight excluding hydrogens is 316 g/mol. The standard InChI is InChI=1S/C20H24N2O3/c23-20(22-13-6-11-21-12-14-22)16-25-19-10-5-4-9-18(19)24-15-17-7-2-1-3-8-17/h1-5,7-10,21H,6,11-16H2. The molecule has 3 rings (SSSR count). The number of hydrogen-bond donors (Lipinski definition) is 1. The first kappa shape index (κ1) is 17.3. The number of rotatable bonds is 6. The first-order valence-corrected chi connectivity index (χ1v) is 8.70. The van der Waals surface area contributed by atoms with Crippen molar-refractivity contribution >= 4 is 5.91 Å². The van der Waals surface area contributed by atoms with Crippen LogP contribution < -0.4 is 14.8 Å². The number of nitrogens with one attached hydrogen (secondary N) is 1. The molecule has 2 aromatic carbocycles. The average molecular weight is 340 g/mol. The Kier molecular flexibility index (Phi) is 6.29. The highest BCUT2D eigenvalue weighted by Gasteiger charge is 2.16. The van der Waals surface area contributed by atoms with Crippen LogP contribution in [0, 0.1) is 0 Å². The van der Waals surface area contributed by atoms with Crippen LogP contribution in [-0.4, -0.2) is 43.6 Å². The summed E-state index contributed by atoms with van der Waals surface area (Å²) in [6.07, 6.45) is 0.975. The van der Waals surface area contributed by atoms with Gasteiger partial charge in [0.25, 0.3) is 5.91 Å². The van der Waals surface area contributed by atoms with Crippen LogP contribution in [0.25, 0.3) is 0 Å². The van der Waals surface area contributed by atoms with E-state index < -0.39 is 0 Å². The average Bonchev–Trinajstić information content (AvgIpc) is 2.95. The Labute approximate surface area is 148 Å². The number of amides is 1. The maximum absolute atomic E-state index is 12.3. The number of hydrogen-bond acceptors (Lipinski definition) is 4. The number of carbonyl (C=O) groups is 1. The predicted octanol–water partition coefficient (Wildman–Crippen LogP) is 2.47. The normalized spacial score (nSPS) is 14.6. The largest absolute Gasteiger partial charge is 0.485 e. The highest BCUT2D eigenvalue weighted by atomic mass is 16.5. The highest BCUT2D eigenvalue weighted by Crippen LogP contribution is 2.27. The molecule has 132 valence electrons. The van der Waals surface area contributed by atoms with Gasteiger partial charge in [-0.2, -0.15) is 0 Å². The monoisotopic (exact) mass is 340 g/mol. The zero-order chi connectivity index (χ0) is 17.3. The van der Waals surface area contributed by atoms with E-state index >= 15 is 0 Å². The van der Waals surface area contributed by atoms with E-state index in [2.05, 4.69) is 5.32 Å². The van der Waals surface area contributed by atoms with Crippen LogP contribution in [0.1, 0.15) is 12.0 Å². The molecule has 1 amide bonds. The summed E-state index contributed by atoms with van der Waals surface area (Å²) in [6, 6.07) is 17.4. The first-order valence-electron chi connectivity index (χ1n) is 8.70. The summed E-state index contributed by atoms with van der Waals surface area (Å²) in [4.78, 5) is 14.2. The van der Waals surface area contributed by atoms with Crippen LogP contribution in [0.5, 0.6) is 11.5 Å². The van der Waals surface area contributed by atoms with Gasteiger partial charge in [0.05, 0.1) is 0 Å². The molecule has 1 heterocycles. The molecule has 0 atom stereocenters. The molecular formula is C20H24N2O3. The van der Waals surface area contributed by atoms with Crippen molar-refractivity contribution in [1.82, 2.24) is 10.2 Å². The van der Waals surface area contributed by atoms with E-state index in [-0.39, 0.29) is 12.5 Å². The van der Waals surface area contributed by atoms with Gasteiger partial charge in [-0.05, 0) is 30.7 Å². The van der Waals surface area contributed by atoms with Gasteiger partial charge in [0.15, 0.2) is 18.1 Å². The first-order chi connectivity index (χ1) is 12.3. The quantitative estimate of drug-likeness (QED) is 0.878. The Morgan fingerprint density at radius 1 is 0.920 bits per heavy atom. The third-order valence-corrected chi connectivity index (χ3v) is 4.13. The van der Waals surface area contributed by atoms with Gasteiger partial charge in [-0.15, -0.1) is 0 Å². The molecule has 0 radical (unpaired) electrons. The third kappa shape index (κ3) is 5.22. The molecule has 1 aliphatic heterocycles. The van der Waals surface area contributed by atoms with Gasteiger partial charge in [0.1, 0.15) is 6.61 Å². The topological polar surface area (TPSA) is 50.8 Å². The number of para-hydroxylation sites is 2. The molecule has 0 aliphatic carbocycles. The van der Waals surface area contributed by atoms with E-state index in [9.17, 15) is 4.79 Å². The fourth-order valence-electron chi connectivity index (χ4n) is 2.75. The van der Waals surface area contributed by atoms with Crippen molar-refractivity contribution in [3.63, 3.8) is 0 Å². The SMILES string of the molecule is O=C(COc1ccccc1OCc1ccccc1)N1CCCNCC1. The highest BCUT2D eigenvalue weighted by molar-refractivity contribution is 5.77. The molecule has 0 spiro atoms. The number of carbonyl (C=O) groups excluding carboxylic acids is 1. The van der Waals surface area contributed by atoms with Gasteiger partial charge in [-0.1, -0.05) is 42.5 Å². The minimum absolute atomic E-state index is 0.0153. The second kappa shape index (κ2) is 9.08. The smallest absolute Gasteiger partial charge is 0.260 e. The number of nitrogens with zero attached hydrogens (tertiary/aromatic N) is 1. The number of benzene rings is 2. The van der Waals surface area contributed by atoms with Gasteiger partial charge >= 0.3 is 0 Å². The van der Waals surface area contributed by atoms with Crippen molar-refractivity contribution < 1.29 is 14.3 Å². The molecule has 5 heteroatoms. The van der Waals surface area contributed by atoms with E-state index in [1.54, 1.807) is 0 Å². The van der Waals surface area contributed by atoms with E-state index in [1.807, 2.05) is 59.5 Å². The van der Waals surface area contributed by atoms with Crippen molar-refractivity contribution in [3.8, 4) is 11.5 Å². The lowest BCUT2D eigenvalue weighted by Gasteiger charge is -2.20. The molecule has 5 nitrogen and oxygen atoms in total. The van der Waals surface area contributed by atoms with Crippen LogP contribution in [0.15, 0.2) is 54.6 Å². The van der Waals surface area contributed by atoms with Crippen LogP contribution in [-0.2, 0) is 11.4 Å². The molecule has 25 heavy (non-hydrogen) atoms. The van der Waals surface area contributed by atoms with Gasteiger partial charge in [0.2, 0.25) is 0 Å². The van der Waals surface area contributed by atoms with Gasteiger partial charge in [-0.3, -0.25) is 4.79 Å². The van der Waals surface area contributed by atoms with Crippen LogP contribution in [0.3, 0.4) is 0 Å². The van der Waals surface area contributed by atoms with Crippen LogP contribution in [0.4, 0.5) is 0 Å². The van der Waals surface area contributed by atoms with Crippen LogP contribution >= 0.6 is 0 Å². The zero-order valence-corrected chi connectivity index (χ0v) is 14.3. The molecule has 0 bridgehead atoms. The third-order valence-electron chi connectivity index (χ3n) is 4.13. The summed E-state index contributed by atoms with van der Waals surface area (Å²) < 4.78 is 11.6. The second-order valence-corrected chi connectivity index (χ2v) is 5.99. The fraction of sp³-hybridized carbons (Fsp3) is 0.350. The van der Waals surface area contributed by atoms with E-state index in [0.717, 1.165) is 38.2 Å². The van der Waals surface area contributed by atoms with Crippen LogP contribution in [0.2, 0.25) is 0 Å². The molecule has 1 N–H and O–H groups in total. The minimum atomic E-state index is 0.0153. The van der Waals surface area contributed by atoms with Gasteiger partial charge < -0.3 is 19.7 Å². The Hall–Kier alpha value is -2.53. The van der Waals surface area contributed by atoms with E-state index in [4.69, 9.17) is 9.47 Å². The summed E-state index contributed by atoms with van der Waals surface area (Å²) in [5.74, 6) is 1.26. The lowest BCUT2D eigenvalue weighted by atomic mass is 10.2. The Bertz CT molecular complexity index is 668. The second-order valence-electron chi connectivity index (χ2n) is 5.99. The minimum Gasteiger partial charge on any atom is -0.485 e. The van der Waals surface area contributed by atoms with Crippen molar-refractivity contribution in [2.24, 2.45) is 0 Å². The predicted molar refractivity (Wildman–Crippen MR) is 96.8 cm³/mol. The maximum Gasteiger partial charge on any atom is 0.260 e. The molecule has 0 saturated carbocycles. The van der Waals surface area contributed by atoms with E-state index in [0.29, 0.717) is 18.1 Å². The summed E-state index contributed by atoms with van der Waals surface area (Å²) in [7, 11) is 0. The molecule has 0 unspecified atom stereocenters. The Balaban J connectivity index is 1.56. The van der Waals surface area contributed by atoms with Crippen molar-refractivity contribution in [2.75, 3.05) is 32.8 Å². The van der Waals surface area contributed by atoms with Gasteiger partial charge in [0, 0.05) is 19.6 Å². The summed E-state index contributed by atoms with van der Waals surface area (Å²) in [5, 5.41) is 3.29. The van der Waals surface area contributed by atoms with E-state index in [1.165, 1.54) is 0 Å². The lowest BCUT2D eigenvalue weighted by molar-refractivity contribution is -0.133. The summed E-state index contributed by atoms with van der Waals surface area (Å²) in [5.41, 5.74) is 1.09. The number of ether oxygens (including phenoxy) is 2. The van der Waals surface area contributed by atoms with Crippen molar-refractivity contribution in [3.05, 3.63) is 60.2 Å². The molecule has 1 fully saturated rings. The molecule has 0 aromatic heterocycles. The Morgan fingerprint density at radius 2 is 1.64 bits per heavy atom. The molecule has 2 aromatic rings. The zero-order valence-electron chi connectivity index (χ0n) is 14.3. The maximum atomic E-state index is 12.3. The van der Waals surface area contributed by atoms with Crippen molar-refractivity contribution in [2.45, 2.75) is 13.0 Å². The molecule has 1 aliphatic rings. The molecule has 1 saturated heterocycles. The summed E-state index contributed by atoms with van der Waals surface area (Å²) in [6.45, 7) is 3.80. The fourth-order valence-corrected chi connectivity index (χ4v) is 2.75. The lowest BCUT2D eigenvalue weighted by Crippen LogP contribution is -2.37. The summed E-state index contributed by atoms with van der Waals surface area (Å²) >= 11 is 0. The Morgan fingerprint density at radius 3 is 2.44 bits per heavy atom. The van der Waals surface area contributed by atoms with Gasteiger partial charge in [-0.25, -0.2) is 0 Å².